The molecule has 0 amide bonds. The highest BCUT2D eigenvalue weighted by Gasteiger charge is 2.30. The lowest BCUT2D eigenvalue weighted by Crippen LogP contribution is -2.29. The Morgan fingerprint density at radius 1 is 1.15 bits per heavy atom. The van der Waals surface area contributed by atoms with Crippen LogP contribution in [0.25, 0.3) is 0 Å². The number of aromatic hydroxyl groups is 1. The quantitative estimate of drug-likeness (QED) is 0.506. The molecule has 2 N–H and O–H groups in total. The lowest BCUT2D eigenvalue weighted by Gasteiger charge is -2.15. The summed E-state index contributed by atoms with van der Waals surface area (Å²) in [6, 6.07) is 5.62. The molecular formula is C9H8O4. The van der Waals surface area contributed by atoms with Crippen LogP contribution in [0.2, 0.25) is 0 Å². The van der Waals surface area contributed by atoms with Gasteiger partial charge in [0.25, 0.3) is 0 Å². The van der Waals surface area contributed by atoms with Gasteiger partial charge >= 0.3 is 0 Å². The third kappa shape index (κ3) is 1.57. The Kier molecular flexibility index (Phi) is 2.44. The molecule has 68 valence electrons. The fourth-order valence-corrected chi connectivity index (χ4v) is 0.967. The fourth-order valence-electron chi connectivity index (χ4n) is 0.967. The summed E-state index contributed by atoms with van der Waals surface area (Å²) in [6.07, 6.45) is 0.157. The van der Waals surface area contributed by atoms with Crippen molar-refractivity contribution in [1.82, 2.24) is 0 Å². The van der Waals surface area contributed by atoms with E-state index in [-0.39, 0.29) is 23.9 Å². The van der Waals surface area contributed by atoms with Crippen molar-refractivity contribution in [3.63, 3.8) is 0 Å². The molecule has 0 fully saturated rings. The van der Waals surface area contributed by atoms with Crippen molar-refractivity contribution in [2.45, 2.75) is 5.60 Å². The normalized spacial score (nSPS) is 10.8. The van der Waals surface area contributed by atoms with E-state index in [4.69, 9.17) is 0 Å². The van der Waals surface area contributed by atoms with Crippen molar-refractivity contribution < 1.29 is 19.8 Å². The molecule has 0 aliphatic carbocycles. The van der Waals surface area contributed by atoms with Gasteiger partial charge < -0.3 is 10.2 Å². The summed E-state index contributed by atoms with van der Waals surface area (Å²) >= 11 is 0. The van der Waals surface area contributed by atoms with Crippen molar-refractivity contribution in [2.24, 2.45) is 0 Å². The van der Waals surface area contributed by atoms with Gasteiger partial charge in [-0.1, -0.05) is 18.2 Å². The molecule has 0 atom stereocenters. The SMILES string of the molecule is O=CC(O)(C=O)c1ccccc1O. The van der Waals surface area contributed by atoms with Crippen LogP contribution in [-0.2, 0) is 15.2 Å². The van der Waals surface area contributed by atoms with Crippen LogP contribution in [0.15, 0.2) is 24.3 Å². The smallest absolute Gasteiger partial charge is 0.204 e. The predicted octanol–water partition coefficient (Wildman–Crippen LogP) is -0.0224. The summed E-state index contributed by atoms with van der Waals surface area (Å²) in [5, 5.41) is 18.6. The van der Waals surface area contributed by atoms with Crippen LogP contribution in [-0.4, -0.2) is 22.8 Å². The minimum absolute atomic E-state index is 0.0784. The van der Waals surface area contributed by atoms with Crippen LogP contribution >= 0.6 is 0 Å². The largest absolute Gasteiger partial charge is 0.508 e. The molecule has 1 aromatic carbocycles. The van der Waals surface area contributed by atoms with Gasteiger partial charge in [-0.05, 0) is 6.07 Å². The van der Waals surface area contributed by atoms with Crippen LogP contribution in [0.4, 0.5) is 0 Å². The van der Waals surface area contributed by atoms with Gasteiger partial charge in [-0.15, -0.1) is 0 Å². The molecule has 0 unspecified atom stereocenters. The van der Waals surface area contributed by atoms with E-state index < -0.39 is 5.60 Å². The van der Waals surface area contributed by atoms with Crippen LogP contribution in [0, 0.1) is 0 Å². The number of rotatable bonds is 3. The second kappa shape index (κ2) is 3.37. The first kappa shape index (κ1) is 9.41. The van der Waals surface area contributed by atoms with E-state index in [0.717, 1.165) is 0 Å². The Hall–Kier alpha value is -1.68. The molecule has 0 aliphatic heterocycles. The van der Waals surface area contributed by atoms with Crippen LogP contribution in [0.5, 0.6) is 5.75 Å². The summed E-state index contributed by atoms with van der Waals surface area (Å²) in [6.45, 7) is 0. The number of hydrogen-bond donors (Lipinski definition) is 2. The van der Waals surface area contributed by atoms with E-state index in [2.05, 4.69) is 0 Å². The zero-order valence-corrected chi connectivity index (χ0v) is 6.68. The summed E-state index contributed by atoms with van der Waals surface area (Å²) in [5.74, 6) is -0.288. The number of carbonyl (C=O) groups is 2. The molecule has 0 spiro atoms. The van der Waals surface area contributed by atoms with E-state index in [0.29, 0.717) is 0 Å². The molecule has 0 saturated heterocycles. The zero-order chi connectivity index (χ0) is 9.90. The van der Waals surface area contributed by atoms with Crippen LogP contribution < -0.4 is 0 Å². The molecule has 0 bridgehead atoms. The molecule has 4 nitrogen and oxygen atoms in total. The predicted molar refractivity (Wildman–Crippen MR) is 44.1 cm³/mol. The van der Waals surface area contributed by atoms with E-state index in [1.165, 1.54) is 24.3 Å². The van der Waals surface area contributed by atoms with Gasteiger partial charge in [0.15, 0.2) is 12.6 Å². The molecule has 4 heteroatoms. The Morgan fingerprint density at radius 3 is 2.15 bits per heavy atom. The Morgan fingerprint density at radius 2 is 1.69 bits per heavy atom. The molecule has 0 radical (unpaired) electrons. The maximum atomic E-state index is 10.4. The average molecular weight is 180 g/mol. The Bertz CT molecular complexity index is 324. The minimum Gasteiger partial charge on any atom is -0.508 e. The second-order valence-corrected chi connectivity index (χ2v) is 2.58. The van der Waals surface area contributed by atoms with Gasteiger partial charge in [0.1, 0.15) is 5.75 Å². The van der Waals surface area contributed by atoms with E-state index in [9.17, 15) is 19.8 Å². The van der Waals surface area contributed by atoms with Crippen molar-refractivity contribution in [2.75, 3.05) is 0 Å². The van der Waals surface area contributed by atoms with Gasteiger partial charge in [0.2, 0.25) is 5.60 Å². The molecule has 0 saturated carbocycles. The molecule has 0 aromatic heterocycles. The first-order valence-electron chi connectivity index (χ1n) is 3.57. The second-order valence-electron chi connectivity index (χ2n) is 2.58. The number of phenolic OH excluding ortho intramolecular Hbond substituents is 1. The summed E-state index contributed by atoms with van der Waals surface area (Å²) in [7, 11) is 0. The van der Waals surface area contributed by atoms with Gasteiger partial charge in [-0.2, -0.15) is 0 Å². The highest BCUT2D eigenvalue weighted by Crippen LogP contribution is 2.25. The van der Waals surface area contributed by atoms with Crippen molar-refractivity contribution >= 4 is 12.6 Å². The topological polar surface area (TPSA) is 74.6 Å². The summed E-state index contributed by atoms with van der Waals surface area (Å²) in [4.78, 5) is 20.8. The first-order valence-corrected chi connectivity index (χ1v) is 3.57. The lowest BCUT2D eigenvalue weighted by molar-refractivity contribution is -0.136. The number of aliphatic hydroxyl groups is 1. The third-order valence-electron chi connectivity index (χ3n) is 1.69. The van der Waals surface area contributed by atoms with Crippen molar-refractivity contribution in [3.8, 4) is 5.75 Å². The Balaban J connectivity index is 3.27. The molecule has 0 aliphatic rings. The maximum absolute atomic E-state index is 10.4. The monoisotopic (exact) mass is 180 g/mol. The summed E-state index contributed by atoms with van der Waals surface area (Å²) in [5.41, 5.74) is -2.36. The average Bonchev–Trinajstić information content (AvgIpc) is 2.17. The highest BCUT2D eigenvalue weighted by atomic mass is 16.3. The van der Waals surface area contributed by atoms with Crippen molar-refractivity contribution in [1.29, 1.82) is 0 Å². The van der Waals surface area contributed by atoms with Crippen LogP contribution in [0.3, 0.4) is 0 Å². The van der Waals surface area contributed by atoms with Gasteiger partial charge in [-0.25, -0.2) is 0 Å². The number of phenols is 1. The van der Waals surface area contributed by atoms with Crippen LogP contribution in [0.1, 0.15) is 5.56 Å². The number of hydrogen-bond acceptors (Lipinski definition) is 4. The lowest BCUT2D eigenvalue weighted by atomic mass is 9.96. The minimum atomic E-state index is -2.24. The maximum Gasteiger partial charge on any atom is 0.204 e. The molecule has 13 heavy (non-hydrogen) atoms. The van der Waals surface area contributed by atoms with Gasteiger partial charge in [-0.3, -0.25) is 9.59 Å². The number of benzene rings is 1. The molecule has 0 heterocycles. The zero-order valence-electron chi connectivity index (χ0n) is 6.68. The van der Waals surface area contributed by atoms with Gasteiger partial charge in [0.05, 0.1) is 0 Å². The molecule has 1 aromatic rings. The van der Waals surface area contributed by atoms with E-state index in [1.54, 1.807) is 0 Å². The summed E-state index contributed by atoms with van der Waals surface area (Å²) < 4.78 is 0. The first-order chi connectivity index (χ1) is 6.14. The number of carbonyl (C=O) groups excluding carboxylic acids is 2. The van der Waals surface area contributed by atoms with E-state index >= 15 is 0 Å². The molecular weight excluding hydrogens is 172 g/mol. The van der Waals surface area contributed by atoms with Crippen molar-refractivity contribution in [3.05, 3.63) is 29.8 Å². The Labute approximate surface area is 74.4 Å². The standard InChI is InChI=1S/C9H8O4/c10-5-9(13,6-11)7-3-1-2-4-8(7)12/h1-6,12-13H. The number of para-hydroxylation sites is 1. The number of aldehydes is 2. The molecule has 1 rings (SSSR count). The highest BCUT2D eigenvalue weighted by molar-refractivity contribution is 5.89. The fraction of sp³-hybridized carbons (Fsp3) is 0.111. The third-order valence-corrected chi connectivity index (χ3v) is 1.69. The van der Waals surface area contributed by atoms with Gasteiger partial charge in [0, 0.05) is 5.56 Å². The van der Waals surface area contributed by atoms with E-state index in [1.807, 2.05) is 0 Å².